The highest BCUT2D eigenvalue weighted by Crippen LogP contribution is 2.18. The van der Waals surface area contributed by atoms with Crippen molar-refractivity contribution in [1.29, 1.82) is 0 Å². The van der Waals surface area contributed by atoms with Gasteiger partial charge in [-0.05, 0) is 51.4 Å². The van der Waals surface area contributed by atoms with Gasteiger partial charge >= 0.3 is 5.97 Å². The number of unbranched alkanes of at least 4 members (excludes halogenated alkanes) is 44. The van der Waals surface area contributed by atoms with E-state index in [4.69, 9.17) is 4.74 Å². The molecule has 0 heterocycles. The molecule has 6 nitrogen and oxygen atoms in total. The highest BCUT2D eigenvalue weighted by Gasteiger charge is 2.20. The van der Waals surface area contributed by atoms with Crippen molar-refractivity contribution >= 4 is 11.9 Å². The number of allylic oxidation sites excluding steroid dienone is 2. The topological polar surface area (TPSA) is 95.9 Å². The predicted molar refractivity (Wildman–Crippen MR) is 292 cm³/mol. The molecule has 0 aromatic carbocycles. The minimum atomic E-state index is -0.668. The molecule has 0 aromatic heterocycles. The first kappa shape index (κ1) is 65.6. The lowest BCUT2D eigenvalue weighted by atomic mass is 10.0. The van der Waals surface area contributed by atoms with Crippen LogP contribution in [-0.2, 0) is 14.3 Å². The van der Waals surface area contributed by atoms with Gasteiger partial charge in [0.2, 0.25) is 5.91 Å². The Labute approximate surface area is 419 Å². The first-order chi connectivity index (χ1) is 33.0. The molecule has 0 saturated heterocycles. The molecule has 6 heteroatoms. The molecule has 0 saturated carbocycles. The van der Waals surface area contributed by atoms with Crippen molar-refractivity contribution in [2.24, 2.45) is 0 Å². The first-order valence-electron chi connectivity index (χ1n) is 30.4. The van der Waals surface area contributed by atoms with Gasteiger partial charge in [-0.3, -0.25) is 9.59 Å². The number of hydrogen-bond donors (Lipinski definition) is 3. The number of nitrogens with one attached hydrogen (secondary N) is 1. The van der Waals surface area contributed by atoms with E-state index >= 15 is 0 Å². The maximum Gasteiger partial charge on any atom is 0.305 e. The summed E-state index contributed by atoms with van der Waals surface area (Å²) in [5, 5.41) is 23.4. The Morgan fingerprint density at radius 2 is 0.701 bits per heavy atom. The Kier molecular flexibility index (Phi) is 56.0. The average Bonchev–Trinajstić information content (AvgIpc) is 3.33. The summed E-state index contributed by atoms with van der Waals surface area (Å²) in [6, 6.07) is -0.546. The Hall–Kier alpha value is -1.40. The number of amides is 1. The van der Waals surface area contributed by atoms with Crippen LogP contribution in [0, 0.1) is 0 Å². The van der Waals surface area contributed by atoms with Crippen molar-refractivity contribution in [2.75, 3.05) is 13.2 Å². The highest BCUT2D eigenvalue weighted by atomic mass is 16.5. The molecule has 0 bridgehead atoms. The molecule has 3 N–H and O–H groups in total. The maximum atomic E-state index is 12.5. The monoisotopic (exact) mass is 946 g/mol. The lowest BCUT2D eigenvalue weighted by Crippen LogP contribution is -2.45. The Morgan fingerprint density at radius 3 is 1.07 bits per heavy atom. The second-order valence-corrected chi connectivity index (χ2v) is 21.0. The van der Waals surface area contributed by atoms with Gasteiger partial charge in [0, 0.05) is 12.8 Å². The zero-order valence-corrected chi connectivity index (χ0v) is 45.4. The molecule has 2 atom stereocenters. The fraction of sp³-hybridized carbons (Fsp3) is 0.934. The van der Waals surface area contributed by atoms with E-state index in [1.165, 1.54) is 263 Å². The molecular weight excluding hydrogens is 827 g/mol. The zero-order chi connectivity index (χ0) is 48.6. The molecule has 0 aliphatic rings. The lowest BCUT2D eigenvalue weighted by Gasteiger charge is -2.22. The van der Waals surface area contributed by atoms with Crippen LogP contribution in [-0.4, -0.2) is 47.4 Å². The van der Waals surface area contributed by atoms with Crippen LogP contribution >= 0.6 is 0 Å². The summed E-state index contributed by atoms with van der Waals surface area (Å²) in [6.45, 7) is 4.95. The number of carbonyl (C=O) groups excluding carboxylic acids is 2. The Bertz CT molecular complexity index is 1000. The van der Waals surface area contributed by atoms with Gasteiger partial charge < -0.3 is 20.3 Å². The third-order valence-electron chi connectivity index (χ3n) is 14.3. The first-order valence-corrected chi connectivity index (χ1v) is 30.4. The fourth-order valence-electron chi connectivity index (χ4n) is 9.64. The molecule has 0 fully saturated rings. The van der Waals surface area contributed by atoms with Crippen LogP contribution in [0.25, 0.3) is 0 Å². The summed E-state index contributed by atoms with van der Waals surface area (Å²) in [4.78, 5) is 24.5. The van der Waals surface area contributed by atoms with Crippen molar-refractivity contribution < 1.29 is 24.5 Å². The summed E-state index contributed by atoms with van der Waals surface area (Å²) in [5.41, 5.74) is 0. The van der Waals surface area contributed by atoms with E-state index in [0.29, 0.717) is 25.9 Å². The van der Waals surface area contributed by atoms with Crippen LogP contribution in [0.5, 0.6) is 0 Å². The van der Waals surface area contributed by atoms with Gasteiger partial charge in [0.1, 0.15) is 0 Å². The lowest BCUT2D eigenvalue weighted by molar-refractivity contribution is -0.143. The van der Waals surface area contributed by atoms with Gasteiger partial charge in [-0.15, -0.1) is 0 Å². The molecule has 0 aliphatic carbocycles. The largest absolute Gasteiger partial charge is 0.466 e. The predicted octanol–water partition coefficient (Wildman–Crippen LogP) is 18.9. The molecule has 0 spiro atoms. The van der Waals surface area contributed by atoms with Gasteiger partial charge in [-0.25, -0.2) is 0 Å². The molecule has 0 aliphatic heterocycles. The quantitative estimate of drug-likeness (QED) is 0.0321. The summed E-state index contributed by atoms with van der Waals surface area (Å²) in [5.74, 6) is -0.0398. The summed E-state index contributed by atoms with van der Waals surface area (Å²) < 4.78 is 5.47. The third-order valence-corrected chi connectivity index (χ3v) is 14.3. The van der Waals surface area contributed by atoms with Crippen LogP contribution in [0.4, 0.5) is 0 Å². The average molecular weight is 947 g/mol. The molecule has 0 rings (SSSR count). The number of rotatable bonds is 57. The van der Waals surface area contributed by atoms with E-state index in [9.17, 15) is 19.8 Å². The minimum Gasteiger partial charge on any atom is -0.466 e. The van der Waals surface area contributed by atoms with E-state index in [1.54, 1.807) is 0 Å². The van der Waals surface area contributed by atoms with Gasteiger partial charge in [0.05, 0.1) is 25.4 Å². The van der Waals surface area contributed by atoms with E-state index in [-0.39, 0.29) is 18.5 Å². The molecule has 1 amide bonds. The highest BCUT2D eigenvalue weighted by molar-refractivity contribution is 5.76. The van der Waals surface area contributed by atoms with Crippen molar-refractivity contribution in [3.63, 3.8) is 0 Å². The van der Waals surface area contributed by atoms with Crippen molar-refractivity contribution in [3.05, 3.63) is 12.2 Å². The Morgan fingerprint density at radius 1 is 0.403 bits per heavy atom. The number of aliphatic hydroxyl groups excluding tert-OH is 2. The second kappa shape index (κ2) is 57.2. The van der Waals surface area contributed by atoms with Crippen LogP contribution < -0.4 is 5.32 Å². The number of ether oxygens (including phenoxy) is 1. The third kappa shape index (κ3) is 53.8. The number of hydrogen-bond acceptors (Lipinski definition) is 5. The van der Waals surface area contributed by atoms with Crippen LogP contribution in [0.2, 0.25) is 0 Å². The van der Waals surface area contributed by atoms with Gasteiger partial charge in [-0.1, -0.05) is 289 Å². The smallest absolute Gasteiger partial charge is 0.305 e. The summed E-state index contributed by atoms with van der Waals surface area (Å²) in [6.07, 6.45) is 67.8. The zero-order valence-electron chi connectivity index (χ0n) is 45.4. The van der Waals surface area contributed by atoms with E-state index in [0.717, 1.165) is 44.9 Å². The maximum absolute atomic E-state index is 12.5. The fourth-order valence-corrected chi connectivity index (χ4v) is 9.64. The molecule has 0 radical (unpaired) electrons. The van der Waals surface area contributed by atoms with Gasteiger partial charge in [0.15, 0.2) is 0 Å². The normalized spacial score (nSPS) is 12.6. The Balaban J connectivity index is 3.42. The van der Waals surface area contributed by atoms with Crippen molar-refractivity contribution in [3.8, 4) is 0 Å². The van der Waals surface area contributed by atoms with Gasteiger partial charge in [-0.2, -0.15) is 0 Å². The second-order valence-electron chi connectivity index (χ2n) is 21.0. The van der Waals surface area contributed by atoms with Crippen molar-refractivity contribution in [2.45, 2.75) is 353 Å². The molecule has 0 aromatic rings. The molecular formula is C61H119NO5. The van der Waals surface area contributed by atoms with E-state index in [2.05, 4.69) is 31.3 Å². The number of carbonyl (C=O) groups is 2. The molecule has 67 heavy (non-hydrogen) atoms. The van der Waals surface area contributed by atoms with Crippen LogP contribution in [0.15, 0.2) is 12.2 Å². The van der Waals surface area contributed by atoms with E-state index in [1.807, 2.05) is 0 Å². The van der Waals surface area contributed by atoms with Gasteiger partial charge in [0.25, 0.3) is 0 Å². The number of esters is 1. The molecule has 398 valence electrons. The summed E-state index contributed by atoms with van der Waals surface area (Å²) in [7, 11) is 0. The van der Waals surface area contributed by atoms with Crippen molar-refractivity contribution in [1.82, 2.24) is 5.32 Å². The van der Waals surface area contributed by atoms with E-state index < -0.39 is 12.1 Å². The molecule has 2 unspecified atom stereocenters. The standard InChI is InChI=1S/C61H119NO5/c1-3-5-7-9-11-13-15-17-18-19-20-21-23-26-30-33-37-41-45-49-53-59(64)58(57-63)62-60(65)54-50-46-42-38-34-31-27-24-22-25-28-32-36-40-44-48-52-56-67-61(66)55-51-47-43-39-35-29-16-14-12-10-8-6-4-2/h14,16,58-59,63-64H,3-13,15,17-57H2,1-2H3,(H,62,65)/b16-14-. The number of aliphatic hydroxyl groups is 2. The van der Waals surface area contributed by atoms with Crippen LogP contribution in [0.3, 0.4) is 0 Å². The summed E-state index contributed by atoms with van der Waals surface area (Å²) >= 11 is 0. The van der Waals surface area contributed by atoms with Crippen LogP contribution in [0.1, 0.15) is 341 Å². The SMILES string of the molecule is CCCCCC/C=C\CCCCCCCC(=O)OCCCCCCCCCCCCCCCCCCCC(=O)NC(CO)C(O)CCCCCCCCCCCCCCCCCCCCCC. The minimum absolute atomic E-state index is 0.00296.